The second kappa shape index (κ2) is 14.6. The first-order chi connectivity index (χ1) is 32.7. The standard InChI is InChI=1S/C63H40N2S/c1-3-14-41(15-4-1)42-28-26-40(27-29-42)36-46(37-45-16-13-25-58-61(45)53-20-8-11-23-56(53)64(58)47-17-5-2-6-18-47)43-30-32-50-51-33-31-44(39-60(51)66-59(50)38-43)48-34-35-52-49-19-7-10-22-55(49)65-57-24-12-9-21-54(57)62(48)63(52)65/h1-36,38-39H,37H2/b46-36-. The summed E-state index contributed by atoms with van der Waals surface area (Å²) in [4.78, 5) is 0. The Morgan fingerprint density at radius 2 is 1.00 bits per heavy atom. The summed E-state index contributed by atoms with van der Waals surface area (Å²) >= 11 is 1.90. The molecule has 0 aliphatic carbocycles. The summed E-state index contributed by atoms with van der Waals surface area (Å²) in [6.07, 6.45) is 3.19. The molecule has 0 bridgehead atoms. The van der Waals surface area contributed by atoms with Crippen LogP contribution in [0.1, 0.15) is 16.7 Å². The molecule has 14 aromatic rings. The molecule has 0 amide bonds. The molecule has 0 saturated carbocycles. The van der Waals surface area contributed by atoms with E-state index in [-0.39, 0.29) is 0 Å². The second-order valence-corrected chi connectivity index (χ2v) is 18.7. The van der Waals surface area contributed by atoms with Crippen molar-refractivity contribution in [1.82, 2.24) is 8.97 Å². The van der Waals surface area contributed by atoms with E-state index in [0.717, 1.165) is 6.42 Å². The molecule has 0 spiro atoms. The topological polar surface area (TPSA) is 9.34 Å². The van der Waals surface area contributed by atoms with Crippen molar-refractivity contribution in [2.24, 2.45) is 0 Å². The van der Waals surface area contributed by atoms with Gasteiger partial charge in [0.2, 0.25) is 0 Å². The molecule has 66 heavy (non-hydrogen) atoms. The highest BCUT2D eigenvalue weighted by molar-refractivity contribution is 7.25. The zero-order chi connectivity index (χ0) is 43.3. The highest BCUT2D eigenvalue weighted by atomic mass is 32.1. The van der Waals surface area contributed by atoms with Gasteiger partial charge in [0.15, 0.2) is 0 Å². The summed E-state index contributed by atoms with van der Waals surface area (Å²) in [5.74, 6) is 0. The number of para-hydroxylation sites is 4. The fourth-order valence-corrected chi connectivity index (χ4v) is 12.2. The third kappa shape index (κ3) is 5.67. The number of allylic oxidation sites excluding steroid dienone is 1. The first-order valence-electron chi connectivity index (χ1n) is 22.8. The normalized spacial score (nSPS) is 12.4. The van der Waals surface area contributed by atoms with Gasteiger partial charge in [0.25, 0.3) is 0 Å². The Hall–Kier alpha value is -8.24. The lowest BCUT2D eigenvalue weighted by Crippen LogP contribution is -1.95. The number of rotatable bonds is 7. The highest BCUT2D eigenvalue weighted by Gasteiger charge is 2.21. The van der Waals surface area contributed by atoms with Crippen LogP contribution in [-0.2, 0) is 6.42 Å². The predicted octanol–water partition coefficient (Wildman–Crippen LogP) is 17.4. The molecule has 4 heterocycles. The first kappa shape index (κ1) is 37.2. The van der Waals surface area contributed by atoms with Gasteiger partial charge in [-0.25, -0.2) is 0 Å². The van der Waals surface area contributed by atoms with Crippen LogP contribution in [-0.4, -0.2) is 8.97 Å². The van der Waals surface area contributed by atoms with Gasteiger partial charge >= 0.3 is 0 Å². The van der Waals surface area contributed by atoms with E-state index < -0.39 is 0 Å². The monoisotopic (exact) mass is 856 g/mol. The maximum absolute atomic E-state index is 2.48. The van der Waals surface area contributed by atoms with Crippen molar-refractivity contribution in [1.29, 1.82) is 0 Å². The Bertz CT molecular complexity index is 4220. The molecule has 4 aromatic heterocycles. The summed E-state index contributed by atoms with van der Waals surface area (Å²) in [6, 6.07) is 82.8. The summed E-state index contributed by atoms with van der Waals surface area (Å²) < 4.78 is 7.50. The molecule has 0 N–H and O–H groups in total. The molecule has 0 saturated heterocycles. The zero-order valence-corrected chi connectivity index (χ0v) is 36.8. The molecular formula is C63H40N2S. The second-order valence-electron chi connectivity index (χ2n) is 17.6. The molecule has 0 radical (unpaired) electrons. The fraction of sp³-hybridized carbons (Fsp3) is 0.0159. The average Bonchev–Trinajstić information content (AvgIpc) is 4.12. The number of hydrogen-bond acceptors (Lipinski definition) is 1. The van der Waals surface area contributed by atoms with E-state index in [1.54, 1.807) is 0 Å². The average molecular weight is 857 g/mol. The van der Waals surface area contributed by atoms with Gasteiger partial charge in [-0.2, -0.15) is 0 Å². The van der Waals surface area contributed by atoms with E-state index in [0.29, 0.717) is 0 Å². The van der Waals surface area contributed by atoms with Gasteiger partial charge in [0.05, 0.1) is 27.6 Å². The Kier molecular flexibility index (Phi) is 8.25. The minimum Gasteiger partial charge on any atom is -0.309 e. The van der Waals surface area contributed by atoms with Crippen LogP contribution in [0.4, 0.5) is 0 Å². The number of benzene rings is 10. The van der Waals surface area contributed by atoms with Crippen LogP contribution >= 0.6 is 11.3 Å². The Labute approximate surface area is 385 Å². The van der Waals surface area contributed by atoms with Crippen molar-refractivity contribution < 1.29 is 0 Å². The molecule has 2 nitrogen and oxygen atoms in total. The Morgan fingerprint density at radius 1 is 0.409 bits per heavy atom. The van der Waals surface area contributed by atoms with Crippen molar-refractivity contribution in [2.45, 2.75) is 6.42 Å². The molecular weight excluding hydrogens is 817 g/mol. The van der Waals surface area contributed by atoms with E-state index in [2.05, 4.69) is 239 Å². The Balaban J connectivity index is 0.915. The van der Waals surface area contributed by atoms with Crippen LogP contribution in [0.2, 0.25) is 0 Å². The van der Waals surface area contributed by atoms with E-state index in [9.17, 15) is 0 Å². The maximum atomic E-state index is 2.48. The van der Waals surface area contributed by atoms with E-state index in [1.807, 2.05) is 11.3 Å². The van der Waals surface area contributed by atoms with Crippen molar-refractivity contribution in [3.05, 3.63) is 241 Å². The summed E-state index contributed by atoms with van der Waals surface area (Å²) in [5, 5.41) is 10.4. The molecule has 10 aromatic carbocycles. The van der Waals surface area contributed by atoms with Crippen molar-refractivity contribution >= 4 is 103 Å². The summed E-state index contributed by atoms with van der Waals surface area (Å²) in [7, 11) is 0. The Morgan fingerprint density at radius 3 is 1.79 bits per heavy atom. The van der Waals surface area contributed by atoms with Crippen LogP contribution in [0.3, 0.4) is 0 Å². The lowest BCUT2D eigenvalue weighted by Gasteiger charge is -2.12. The van der Waals surface area contributed by atoms with Crippen molar-refractivity contribution in [3.8, 4) is 27.9 Å². The van der Waals surface area contributed by atoms with Crippen molar-refractivity contribution in [2.75, 3.05) is 0 Å². The largest absolute Gasteiger partial charge is 0.309 e. The molecule has 0 atom stereocenters. The maximum Gasteiger partial charge on any atom is 0.0626 e. The lowest BCUT2D eigenvalue weighted by atomic mass is 9.92. The summed E-state index contributed by atoms with van der Waals surface area (Å²) in [6.45, 7) is 0. The minimum absolute atomic E-state index is 0.782. The van der Waals surface area contributed by atoms with Crippen LogP contribution in [0.5, 0.6) is 0 Å². The molecule has 308 valence electrons. The molecule has 0 fully saturated rings. The molecule has 0 aliphatic rings. The smallest absolute Gasteiger partial charge is 0.0626 e. The van der Waals surface area contributed by atoms with Crippen LogP contribution in [0.25, 0.3) is 120 Å². The number of hydrogen-bond donors (Lipinski definition) is 0. The molecule has 0 aliphatic heterocycles. The van der Waals surface area contributed by atoms with Gasteiger partial charge in [0.1, 0.15) is 0 Å². The summed E-state index contributed by atoms with van der Waals surface area (Å²) in [5.41, 5.74) is 17.5. The third-order valence-corrected chi connectivity index (χ3v) is 15.1. The van der Waals surface area contributed by atoms with Gasteiger partial charge in [-0.15, -0.1) is 11.3 Å². The number of aromatic nitrogens is 2. The lowest BCUT2D eigenvalue weighted by molar-refractivity contribution is 1.18. The fourth-order valence-electron chi connectivity index (χ4n) is 11.0. The van der Waals surface area contributed by atoms with E-state index in [4.69, 9.17) is 0 Å². The number of thiophene rings is 1. The SMILES string of the molecule is C(=C(\Cc1cccc2c1c1ccccc1n2-c1ccccc1)c1ccc2c(c1)sc1cc(-c3ccc4c5ccccc5n5c6ccccc6c3c45)ccc12)/c1ccc(-c2ccccc2)cc1. The van der Waals surface area contributed by atoms with Crippen molar-refractivity contribution in [3.63, 3.8) is 0 Å². The predicted molar refractivity (Wildman–Crippen MR) is 284 cm³/mol. The highest BCUT2D eigenvalue weighted by Crippen LogP contribution is 2.46. The van der Waals surface area contributed by atoms with E-state index >= 15 is 0 Å². The third-order valence-electron chi connectivity index (χ3n) is 13.9. The number of nitrogens with zero attached hydrogens (tertiary/aromatic N) is 2. The molecule has 0 unspecified atom stereocenters. The van der Waals surface area contributed by atoms with Crippen LogP contribution < -0.4 is 0 Å². The van der Waals surface area contributed by atoms with Gasteiger partial charge in [-0.3, -0.25) is 0 Å². The molecule has 14 rings (SSSR count). The zero-order valence-electron chi connectivity index (χ0n) is 35.9. The number of fused-ring (bicyclic) bond motifs is 12. The van der Waals surface area contributed by atoms with Crippen LogP contribution in [0, 0.1) is 0 Å². The van der Waals surface area contributed by atoms with Gasteiger partial charge in [-0.1, -0.05) is 182 Å². The van der Waals surface area contributed by atoms with Gasteiger partial charge in [-0.05, 0) is 99.5 Å². The first-order valence-corrected chi connectivity index (χ1v) is 23.6. The van der Waals surface area contributed by atoms with Gasteiger partial charge < -0.3 is 8.97 Å². The minimum atomic E-state index is 0.782. The van der Waals surface area contributed by atoms with E-state index in [1.165, 1.54) is 130 Å². The van der Waals surface area contributed by atoms with Crippen LogP contribution in [0.15, 0.2) is 224 Å². The van der Waals surface area contributed by atoms with Gasteiger partial charge in [0, 0.05) is 58.2 Å². The quantitative estimate of drug-likeness (QED) is 0.141. The molecule has 3 heteroatoms.